The molecule has 0 atom stereocenters. The molecule has 0 fully saturated rings. The van der Waals surface area contributed by atoms with Gasteiger partial charge in [-0.15, -0.1) is 0 Å². The van der Waals surface area contributed by atoms with E-state index in [1.54, 1.807) is 0 Å². The Morgan fingerprint density at radius 3 is 2.00 bits per heavy atom. The average molecular weight is 452 g/mol. The Morgan fingerprint density at radius 2 is 1.42 bits per heavy atom. The molecule has 0 aliphatic rings. The summed E-state index contributed by atoms with van der Waals surface area (Å²) in [7, 11) is -4.37. The maximum Gasteiger partial charge on any atom is 0.267 e. The molecule has 0 radical (unpaired) electrons. The van der Waals surface area contributed by atoms with Gasteiger partial charge in [0.15, 0.2) is 11.5 Å². The fourth-order valence-corrected chi connectivity index (χ4v) is 4.56. The number of phenolic OH excluding ortho intramolecular Hbond substituents is 4. The number of aromatic hydroxyl groups is 4. The van der Waals surface area contributed by atoms with Crippen molar-refractivity contribution in [3.8, 4) is 23.0 Å². The topological polar surface area (TPSA) is 135 Å². The molecular weight excluding hydrogens is 422 g/mol. The number of benzene rings is 2. The van der Waals surface area contributed by atoms with Crippen LogP contribution < -0.4 is 0 Å². The second-order valence-corrected chi connectivity index (χ2v) is 9.30. The lowest BCUT2D eigenvalue weighted by Gasteiger charge is -2.23. The number of amides is 1. The number of sulfonamides is 1. The number of hydrogen-bond donors (Lipinski definition) is 4. The van der Waals surface area contributed by atoms with Gasteiger partial charge in [0, 0.05) is 23.7 Å². The molecule has 2 aromatic rings. The first-order valence-corrected chi connectivity index (χ1v) is 11.6. The van der Waals surface area contributed by atoms with Crippen LogP contribution in [0.25, 0.3) is 0 Å². The monoisotopic (exact) mass is 451 g/mol. The molecule has 0 unspecified atom stereocenters. The minimum absolute atomic E-state index is 0.107. The molecule has 9 heteroatoms. The van der Waals surface area contributed by atoms with Crippen LogP contribution in [0.1, 0.15) is 61.4 Å². The predicted octanol–water partition coefficient (Wildman–Crippen LogP) is 4.01. The van der Waals surface area contributed by atoms with Gasteiger partial charge in [-0.3, -0.25) is 4.79 Å². The highest BCUT2D eigenvalue weighted by Gasteiger charge is 2.31. The maximum absolute atomic E-state index is 13.2. The van der Waals surface area contributed by atoms with Crippen molar-refractivity contribution >= 4 is 15.9 Å². The molecule has 4 N–H and O–H groups in total. The Labute approximate surface area is 182 Å². The van der Waals surface area contributed by atoms with Gasteiger partial charge in [0.2, 0.25) is 0 Å². The highest BCUT2D eigenvalue weighted by molar-refractivity contribution is 7.89. The first kappa shape index (κ1) is 24.3. The van der Waals surface area contributed by atoms with Crippen molar-refractivity contribution in [2.75, 3.05) is 6.54 Å². The molecule has 0 saturated carbocycles. The SMILES string of the molecule is CCCCCCCCN(C(=O)c1cc(O)c(C)c(O)c1)S(=O)(=O)c1ccc(O)c(O)c1. The normalized spacial score (nSPS) is 11.4. The number of carbonyl (C=O) groups excluding carboxylic acids is 1. The molecule has 0 heterocycles. The summed E-state index contributed by atoms with van der Waals surface area (Å²) >= 11 is 0. The van der Waals surface area contributed by atoms with Gasteiger partial charge in [0.25, 0.3) is 15.9 Å². The van der Waals surface area contributed by atoms with Crippen LogP contribution >= 0.6 is 0 Å². The number of carbonyl (C=O) groups is 1. The summed E-state index contributed by atoms with van der Waals surface area (Å²) in [6.07, 6.45) is 5.23. The first-order valence-electron chi connectivity index (χ1n) is 10.2. The molecule has 8 nitrogen and oxygen atoms in total. The molecule has 1 amide bonds. The Kier molecular flexibility index (Phi) is 8.15. The van der Waals surface area contributed by atoms with E-state index in [1.807, 2.05) is 0 Å². The summed E-state index contributed by atoms with van der Waals surface area (Å²) in [5.41, 5.74) is -0.0107. The summed E-state index contributed by atoms with van der Waals surface area (Å²) in [6, 6.07) is 5.20. The van der Waals surface area contributed by atoms with Crippen LogP contribution in [0.3, 0.4) is 0 Å². The van der Waals surface area contributed by atoms with Crippen molar-refractivity contribution in [2.45, 2.75) is 57.3 Å². The van der Waals surface area contributed by atoms with E-state index in [0.29, 0.717) is 10.7 Å². The van der Waals surface area contributed by atoms with E-state index in [9.17, 15) is 33.6 Å². The zero-order valence-electron chi connectivity index (χ0n) is 17.7. The number of unbranched alkanes of at least 4 members (excludes halogenated alkanes) is 5. The van der Waals surface area contributed by atoms with E-state index in [1.165, 1.54) is 6.92 Å². The Bertz CT molecular complexity index is 1010. The van der Waals surface area contributed by atoms with E-state index in [-0.39, 0.29) is 34.1 Å². The molecule has 0 aliphatic carbocycles. The molecular formula is C22H29NO7S. The zero-order chi connectivity index (χ0) is 23.2. The van der Waals surface area contributed by atoms with E-state index < -0.39 is 27.4 Å². The van der Waals surface area contributed by atoms with Crippen LogP contribution in [0, 0.1) is 6.92 Å². The summed E-state index contributed by atoms with van der Waals surface area (Å²) in [5, 5.41) is 39.1. The zero-order valence-corrected chi connectivity index (χ0v) is 18.5. The molecule has 2 aromatic carbocycles. The summed E-state index contributed by atoms with van der Waals surface area (Å²) < 4.78 is 27.1. The molecule has 31 heavy (non-hydrogen) atoms. The third kappa shape index (κ3) is 5.81. The Hall–Kier alpha value is -2.94. The molecule has 0 saturated heterocycles. The van der Waals surface area contributed by atoms with E-state index in [2.05, 4.69) is 6.92 Å². The first-order chi connectivity index (χ1) is 14.6. The maximum atomic E-state index is 13.2. The largest absolute Gasteiger partial charge is 0.508 e. The lowest BCUT2D eigenvalue weighted by Crippen LogP contribution is -2.37. The van der Waals surface area contributed by atoms with Gasteiger partial charge in [0.1, 0.15) is 11.5 Å². The van der Waals surface area contributed by atoms with Crippen LogP contribution in [-0.2, 0) is 10.0 Å². The highest BCUT2D eigenvalue weighted by atomic mass is 32.2. The molecule has 0 spiro atoms. The van der Waals surface area contributed by atoms with Gasteiger partial charge in [-0.1, -0.05) is 39.0 Å². The van der Waals surface area contributed by atoms with Crippen molar-refractivity contribution in [3.63, 3.8) is 0 Å². The minimum Gasteiger partial charge on any atom is -0.508 e. The predicted molar refractivity (Wildman–Crippen MR) is 116 cm³/mol. The van der Waals surface area contributed by atoms with Crippen molar-refractivity contribution in [2.24, 2.45) is 0 Å². The highest BCUT2D eigenvalue weighted by Crippen LogP contribution is 2.31. The van der Waals surface area contributed by atoms with Crippen LogP contribution in [-0.4, -0.2) is 45.6 Å². The van der Waals surface area contributed by atoms with Gasteiger partial charge < -0.3 is 20.4 Å². The number of hydrogen-bond acceptors (Lipinski definition) is 7. The van der Waals surface area contributed by atoms with Gasteiger partial charge in [-0.2, -0.15) is 0 Å². The number of phenols is 4. The van der Waals surface area contributed by atoms with Crippen molar-refractivity contribution < 1.29 is 33.6 Å². The molecule has 2 rings (SSSR count). The smallest absolute Gasteiger partial charge is 0.267 e. The van der Waals surface area contributed by atoms with Gasteiger partial charge in [0.05, 0.1) is 4.90 Å². The van der Waals surface area contributed by atoms with Crippen molar-refractivity contribution in [1.29, 1.82) is 0 Å². The average Bonchev–Trinajstić information content (AvgIpc) is 2.72. The van der Waals surface area contributed by atoms with E-state index in [0.717, 1.165) is 62.4 Å². The van der Waals surface area contributed by atoms with Gasteiger partial charge in [-0.25, -0.2) is 12.7 Å². The minimum atomic E-state index is -4.37. The fourth-order valence-electron chi connectivity index (χ4n) is 3.11. The quantitative estimate of drug-likeness (QED) is 0.316. The third-order valence-electron chi connectivity index (χ3n) is 5.08. The van der Waals surface area contributed by atoms with Crippen molar-refractivity contribution in [3.05, 3.63) is 41.5 Å². The Balaban J connectivity index is 2.37. The van der Waals surface area contributed by atoms with Crippen LogP contribution in [0.15, 0.2) is 35.2 Å². The third-order valence-corrected chi connectivity index (χ3v) is 6.85. The lowest BCUT2D eigenvalue weighted by molar-refractivity contribution is 0.0858. The second kappa shape index (κ2) is 10.4. The fraction of sp³-hybridized carbons (Fsp3) is 0.409. The summed E-state index contributed by atoms with van der Waals surface area (Å²) in [4.78, 5) is 12.8. The standard InChI is InChI=1S/C22H29NO7S/c1-3-4-5-6-7-8-11-23(22(28)16-12-19(25)15(2)20(26)13-16)31(29,30)17-9-10-18(24)21(27)14-17/h9-10,12-14,24-27H,3-8,11H2,1-2H3. The summed E-state index contributed by atoms with van der Waals surface area (Å²) in [6.45, 7) is 3.44. The molecule has 0 bridgehead atoms. The van der Waals surface area contributed by atoms with E-state index >= 15 is 0 Å². The molecule has 0 aromatic heterocycles. The van der Waals surface area contributed by atoms with Crippen LogP contribution in [0.4, 0.5) is 0 Å². The Morgan fingerprint density at radius 1 is 0.839 bits per heavy atom. The van der Waals surface area contributed by atoms with Gasteiger partial charge in [-0.05, 0) is 37.6 Å². The molecule has 170 valence electrons. The second-order valence-electron chi connectivity index (χ2n) is 7.44. The van der Waals surface area contributed by atoms with Crippen molar-refractivity contribution in [1.82, 2.24) is 4.31 Å². The van der Waals surface area contributed by atoms with E-state index in [4.69, 9.17) is 0 Å². The summed E-state index contributed by atoms with van der Waals surface area (Å²) in [5.74, 6) is -2.68. The van der Waals surface area contributed by atoms with Gasteiger partial charge >= 0.3 is 0 Å². The molecule has 0 aliphatic heterocycles. The van der Waals surface area contributed by atoms with Crippen LogP contribution in [0.5, 0.6) is 23.0 Å². The lowest BCUT2D eigenvalue weighted by atomic mass is 10.1. The van der Waals surface area contributed by atoms with Crippen LogP contribution in [0.2, 0.25) is 0 Å². The number of rotatable bonds is 10. The number of nitrogens with zero attached hydrogens (tertiary/aromatic N) is 1.